The molecule has 0 bridgehead atoms. The number of piperidine rings is 1. The molecule has 1 spiro atoms. The van der Waals surface area contributed by atoms with Crippen molar-refractivity contribution in [2.45, 2.75) is 70.1 Å². The molecule has 0 aromatic carbocycles. The van der Waals surface area contributed by atoms with Gasteiger partial charge in [0, 0.05) is 25.1 Å². The van der Waals surface area contributed by atoms with Crippen molar-refractivity contribution < 1.29 is 9.53 Å². The van der Waals surface area contributed by atoms with Crippen LogP contribution in [0, 0.1) is 5.41 Å². The first-order valence-corrected chi connectivity index (χ1v) is 10.2. The molecule has 2 saturated carbocycles. The predicted molar refractivity (Wildman–Crippen MR) is 98.0 cm³/mol. The molecule has 2 aliphatic carbocycles. The fraction of sp³-hybridized carbons (Fsp3) is 0.842. The van der Waals surface area contributed by atoms with Gasteiger partial charge in [0.1, 0.15) is 0 Å². The summed E-state index contributed by atoms with van der Waals surface area (Å²) < 4.78 is 7.87. The van der Waals surface area contributed by atoms with Crippen molar-refractivity contribution in [2.75, 3.05) is 26.7 Å². The van der Waals surface area contributed by atoms with Crippen LogP contribution < -0.4 is 5.32 Å². The van der Waals surface area contributed by atoms with Crippen LogP contribution in [0.5, 0.6) is 0 Å². The van der Waals surface area contributed by atoms with E-state index >= 15 is 0 Å². The molecule has 1 aliphatic heterocycles. The fourth-order valence-electron chi connectivity index (χ4n) is 5.34. The van der Waals surface area contributed by atoms with Crippen molar-refractivity contribution in [1.82, 2.24) is 25.2 Å². The first-order valence-electron chi connectivity index (χ1n) is 10.2. The lowest BCUT2D eigenvalue weighted by atomic mass is 9.60. The van der Waals surface area contributed by atoms with Gasteiger partial charge in [-0.05, 0) is 52.1 Å². The lowest BCUT2D eigenvalue weighted by molar-refractivity contribution is -0.152. The number of aromatic nitrogens is 3. The Balaban J connectivity index is 1.45. The molecule has 1 N–H and O–H groups in total. The zero-order valence-corrected chi connectivity index (χ0v) is 16.0. The van der Waals surface area contributed by atoms with Gasteiger partial charge < -0.3 is 15.0 Å². The minimum atomic E-state index is -0.00333. The van der Waals surface area contributed by atoms with Crippen molar-refractivity contribution >= 4 is 5.91 Å². The van der Waals surface area contributed by atoms with Crippen molar-refractivity contribution in [3.05, 3.63) is 11.9 Å². The molecule has 1 aromatic heterocycles. The molecular formula is C19H31N5O2. The topological polar surface area (TPSA) is 72.3 Å². The number of carbonyl (C=O) groups excluding carboxylic acids is 1. The number of ether oxygens (including phenoxy) is 1. The molecular weight excluding hydrogens is 330 g/mol. The van der Waals surface area contributed by atoms with E-state index in [0.717, 1.165) is 39.0 Å². The molecule has 0 radical (unpaired) electrons. The highest BCUT2D eigenvalue weighted by Gasteiger charge is 2.59. The Morgan fingerprint density at radius 1 is 1.38 bits per heavy atom. The number of carbonyl (C=O) groups is 1. The molecule has 4 rings (SSSR count). The lowest BCUT2D eigenvalue weighted by Gasteiger charge is -2.56. The molecule has 2 heterocycles. The van der Waals surface area contributed by atoms with Gasteiger partial charge in [-0.3, -0.25) is 4.79 Å². The Bertz CT molecular complexity index is 634. The Morgan fingerprint density at radius 3 is 2.81 bits per heavy atom. The van der Waals surface area contributed by atoms with Crippen LogP contribution in [0.25, 0.3) is 0 Å². The maximum absolute atomic E-state index is 13.0. The Labute approximate surface area is 155 Å². The number of hydrogen-bond acceptors (Lipinski definition) is 5. The first-order chi connectivity index (χ1) is 12.7. The van der Waals surface area contributed by atoms with Crippen LogP contribution in [0.2, 0.25) is 0 Å². The van der Waals surface area contributed by atoms with Gasteiger partial charge in [0.25, 0.3) is 5.91 Å². The van der Waals surface area contributed by atoms with Crippen LogP contribution in [-0.2, 0) is 4.74 Å². The van der Waals surface area contributed by atoms with E-state index in [9.17, 15) is 4.79 Å². The molecule has 1 aromatic rings. The van der Waals surface area contributed by atoms with E-state index in [1.54, 1.807) is 0 Å². The van der Waals surface area contributed by atoms with Crippen molar-refractivity contribution in [1.29, 1.82) is 0 Å². The van der Waals surface area contributed by atoms with Gasteiger partial charge in [-0.25, -0.2) is 4.68 Å². The molecule has 1 saturated heterocycles. The summed E-state index contributed by atoms with van der Waals surface area (Å²) in [7, 11) is 1.93. The summed E-state index contributed by atoms with van der Waals surface area (Å²) in [6.45, 7) is 4.81. The summed E-state index contributed by atoms with van der Waals surface area (Å²) in [4.78, 5) is 15.0. The van der Waals surface area contributed by atoms with Crippen molar-refractivity contribution in [3.63, 3.8) is 0 Å². The highest BCUT2D eigenvalue weighted by atomic mass is 16.5. The Hall–Kier alpha value is -1.47. The van der Waals surface area contributed by atoms with Crippen molar-refractivity contribution in [2.24, 2.45) is 5.41 Å². The number of amides is 1. The van der Waals surface area contributed by atoms with E-state index in [2.05, 4.69) is 22.6 Å². The summed E-state index contributed by atoms with van der Waals surface area (Å²) in [6, 6.07) is 0.612. The van der Waals surface area contributed by atoms with Gasteiger partial charge >= 0.3 is 0 Å². The average molecular weight is 361 g/mol. The minimum Gasteiger partial charge on any atom is -0.378 e. The minimum absolute atomic E-state index is 0.00333. The second-order valence-electron chi connectivity index (χ2n) is 8.12. The highest BCUT2D eigenvalue weighted by molar-refractivity contribution is 5.92. The smallest absolute Gasteiger partial charge is 0.276 e. The summed E-state index contributed by atoms with van der Waals surface area (Å²) in [5.74, 6) is -0.00333. The molecule has 7 heteroatoms. The zero-order chi connectivity index (χ0) is 18.1. The van der Waals surface area contributed by atoms with Gasteiger partial charge in [-0.15, -0.1) is 5.10 Å². The summed E-state index contributed by atoms with van der Waals surface area (Å²) in [5.41, 5.74) is 0.630. The molecule has 26 heavy (non-hydrogen) atoms. The standard InChI is InChI=1S/C19H31N5O2/c1-3-26-17-12-16(19(17)8-4-5-9-19)23(2)18(25)15-13-24(22-21-15)14-6-10-20-11-7-14/h13-14,16-17,20H,3-12H2,1-2H3/t16-,17+/m0/s1. The van der Waals surface area contributed by atoms with E-state index in [1.165, 1.54) is 25.7 Å². The molecule has 3 aliphatic rings. The van der Waals surface area contributed by atoms with Crippen LogP contribution in [0.1, 0.15) is 68.4 Å². The molecule has 7 nitrogen and oxygen atoms in total. The largest absolute Gasteiger partial charge is 0.378 e. The third-order valence-corrected chi connectivity index (χ3v) is 6.84. The predicted octanol–water partition coefficient (Wildman–Crippen LogP) is 2.01. The van der Waals surface area contributed by atoms with Gasteiger partial charge in [-0.1, -0.05) is 18.1 Å². The van der Waals surface area contributed by atoms with E-state index < -0.39 is 0 Å². The lowest BCUT2D eigenvalue weighted by Crippen LogP contribution is -2.64. The second kappa shape index (κ2) is 7.27. The van der Waals surface area contributed by atoms with Crippen LogP contribution >= 0.6 is 0 Å². The third-order valence-electron chi connectivity index (χ3n) is 6.84. The first kappa shape index (κ1) is 17.9. The van der Waals surface area contributed by atoms with Crippen LogP contribution in [0.15, 0.2) is 6.20 Å². The van der Waals surface area contributed by atoms with Crippen LogP contribution in [0.3, 0.4) is 0 Å². The van der Waals surface area contributed by atoms with Gasteiger partial charge in [0.2, 0.25) is 0 Å². The Kier molecular flexibility index (Phi) is 5.01. The Morgan fingerprint density at radius 2 is 2.12 bits per heavy atom. The maximum Gasteiger partial charge on any atom is 0.276 e. The van der Waals surface area contributed by atoms with E-state index in [0.29, 0.717) is 17.8 Å². The number of rotatable bonds is 5. The SMILES string of the molecule is CCO[C@@H]1C[C@H](N(C)C(=O)c2cn(C3CCNCC3)nn2)C12CCCC2. The molecule has 2 atom stereocenters. The molecule has 144 valence electrons. The normalized spacial score (nSPS) is 28.2. The van der Waals surface area contributed by atoms with Crippen LogP contribution in [-0.4, -0.2) is 64.7 Å². The highest BCUT2D eigenvalue weighted by Crippen LogP contribution is 2.56. The van der Waals surface area contributed by atoms with Gasteiger partial charge in [0.15, 0.2) is 5.69 Å². The monoisotopic (exact) mass is 361 g/mol. The fourth-order valence-corrected chi connectivity index (χ4v) is 5.34. The number of hydrogen-bond donors (Lipinski definition) is 1. The average Bonchev–Trinajstić information content (AvgIpc) is 3.35. The number of nitrogens with one attached hydrogen (secondary N) is 1. The number of nitrogens with zero attached hydrogens (tertiary/aromatic N) is 4. The molecule has 0 unspecified atom stereocenters. The third kappa shape index (κ3) is 2.95. The van der Waals surface area contributed by atoms with E-state index in [-0.39, 0.29) is 17.4 Å². The molecule has 1 amide bonds. The van der Waals surface area contributed by atoms with Crippen LogP contribution in [0.4, 0.5) is 0 Å². The van der Waals surface area contributed by atoms with E-state index in [4.69, 9.17) is 4.74 Å². The van der Waals surface area contributed by atoms with Crippen molar-refractivity contribution in [3.8, 4) is 0 Å². The quantitative estimate of drug-likeness (QED) is 0.869. The maximum atomic E-state index is 13.0. The summed E-state index contributed by atoms with van der Waals surface area (Å²) in [5, 5.41) is 11.8. The van der Waals surface area contributed by atoms with Gasteiger partial charge in [-0.2, -0.15) is 0 Å². The summed E-state index contributed by atoms with van der Waals surface area (Å²) >= 11 is 0. The van der Waals surface area contributed by atoms with E-state index in [1.807, 2.05) is 22.8 Å². The zero-order valence-electron chi connectivity index (χ0n) is 16.0. The summed E-state index contributed by atoms with van der Waals surface area (Å²) in [6.07, 6.45) is 9.99. The van der Waals surface area contributed by atoms with Gasteiger partial charge in [0.05, 0.1) is 18.3 Å². The second-order valence-corrected chi connectivity index (χ2v) is 8.12. The molecule has 3 fully saturated rings.